The molecule has 1 aliphatic carbocycles. The number of amides is 1. The summed E-state index contributed by atoms with van der Waals surface area (Å²) in [5.41, 5.74) is 6.20. The number of primary amides is 1. The topological polar surface area (TPSA) is 55.1 Å². The van der Waals surface area contributed by atoms with Crippen molar-refractivity contribution in [3.05, 3.63) is 33.8 Å². The molecule has 1 amide bonds. The minimum atomic E-state index is -0.579. The smallest absolute Gasteiger partial charge is 0.239 e. The van der Waals surface area contributed by atoms with Crippen LogP contribution in [0.2, 0.25) is 10.0 Å². The zero-order valence-electron chi connectivity index (χ0n) is 11.4. The van der Waals surface area contributed by atoms with Gasteiger partial charge < -0.3 is 5.73 Å². The van der Waals surface area contributed by atoms with Gasteiger partial charge in [0.2, 0.25) is 5.91 Å². The Balaban J connectivity index is 2.18. The van der Waals surface area contributed by atoms with Gasteiger partial charge in [-0.1, -0.05) is 61.0 Å². The van der Waals surface area contributed by atoms with Crippen molar-refractivity contribution >= 4 is 29.1 Å². The highest BCUT2D eigenvalue weighted by Crippen LogP contribution is 2.31. The quantitative estimate of drug-likeness (QED) is 0.830. The van der Waals surface area contributed by atoms with Crippen LogP contribution in [0.4, 0.5) is 0 Å². The molecule has 1 unspecified atom stereocenters. The molecule has 0 radical (unpaired) electrons. The van der Waals surface area contributed by atoms with E-state index in [1.807, 2.05) is 0 Å². The van der Waals surface area contributed by atoms with E-state index in [1.54, 1.807) is 18.2 Å². The lowest BCUT2D eigenvalue weighted by molar-refractivity contribution is -0.120. The van der Waals surface area contributed by atoms with E-state index < -0.39 is 11.9 Å². The van der Waals surface area contributed by atoms with Crippen molar-refractivity contribution in [3.8, 4) is 0 Å². The van der Waals surface area contributed by atoms with Gasteiger partial charge in [-0.3, -0.25) is 10.1 Å². The fourth-order valence-electron chi connectivity index (χ4n) is 2.75. The first-order valence-corrected chi connectivity index (χ1v) is 7.84. The molecular formula is C15H20Cl2N2O. The molecule has 0 bridgehead atoms. The minimum absolute atomic E-state index is 0.310. The summed E-state index contributed by atoms with van der Waals surface area (Å²) < 4.78 is 0. The van der Waals surface area contributed by atoms with Gasteiger partial charge in [-0.15, -0.1) is 0 Å². The first kappa shape index (κ1) is 15.6. The summed E-state index contributed by atoms with van der Waals surface area (Å²) in [6.07, 6.45) is 7.04. The second kappa shape index (κ2) is 7.30. The van der Waals surface area contributed by atoms with Crippen LogP contribution in [0.5, 0.6) is 0 Å². The summed E-state index contributed by atoms with van der Waals surface area (Å²) in [6, 6.07) is 5.02. The predicted molar refractivity (Wildman–Crippen MR) is 83.0 cm³/mol. The lowest BCUT2D eigenvalue weighted by atomic mass is 10.0. The minimum Gasteiger partial charge on any atom is -0.368 e. The molecule has 1 saturated carbocycles. The number of nitrogens with one attached hydrogen (secondary N) is 1. The second-order valence-corrected chi connectivity index (χ2v) is 6.12. The average Bonchev–Trinajstić information content (AvgIpc) is 2.68. The molecule has 1 atom stereocenters. The molecule has 0 aliphatic heterocycles. The monoisotopic (exact) mass is 314 g/mol. The van der Waals surface area contributed by atoms with E-state index in [0.29, 0.717) is 21.7 Å². The highest BCUT2D eigenvalue weighted by molar-refractivity contribution is 6.42. The van der Waals surface area contributed by atoms with Crippen LogP contribution in [0.3, 0.4) is 0 Å². The van der Waals surface area contributed by atoms with Crippen LogP contribution < -0.4 is 11.1 Å². The zero-order chi connectivity index (χ0) is 14.5. The first-order valence-electron chi connectivity index (χ1n) is 7.09. The van der Waals surface area contributed by atoms with Crippen LogP contribution >= 0.6 is 23.2 Å². The van der Waals surface area contributed by atoms with Gasteiger partial charge in [0.1, 0.15) is 6.04 Å². The maximum Gasteiger partial charge on any atom is 0.239 e. The van der Waals surface area contributed by atoms with Gasteiger partial charge in [0.15, 0.2) is 0 Å². The molecule has 0 heterocycles. The van der Waals surface area contributed by atoms with Crippen molar-refractivity contribution < 1.29 is 4.79 Å². The lowest BCUT2D eigenvalue weighted by Crippen LogP contribution is -2.40. The van der Waals surface area contributed by atoms with Gasteiger partial charge in [0.25, 0.3) is 0 Å². The van der Waals surface area contributed by atoms with Gasteiger partial charge in [0.05, 0.1) is 10.0 Å². The molecule has 0 spiro atoms. The standard InChI is InChI=1S/C15H20Cl2N2O/c16-12-9-5-8-11(13(12)17)14(15(18)20)19-10-6-3-1-2-4-7-10/h5,8-10,14,19H,1-4,6-7H2,(H2,18,20). The number of carbonyl (C=O) groups is 1. The van der Waals surface area contributed by atoms with E-state index >= 15 is 0 Å². The third kappa shape index (κ3) is 3.87. The van der Waals surface area contributed by atoms with Crippen LogP contribution in [-0.4, -0.2) is 11.9 Å². The Hall–Kier alpha value is -0.770. The Labute approximate surface area is 129 Å². The Morgan fingerprint density at radius 3 is 2.45 bits per heavy atom. The number of nitrogens with two attached hydrogens (primary N) is 1. The molecule has 3 nitrogen and oxygen atoms in total. The maximum absolute atomic E-state index is 11.8. The largest absolute Gasteiger partial charge is 0.368 e. The van der Waals surface area contributed by atoms with E-state index in [0.717, 1.165) is 12.8 Å². The maximum atomic E-state index is 11.8. The lowest BCUT2D eigenvalue weighted by Gasteiger charge is -2.24. The SMILES string of the molecule is NC(=O)C(NC1CCCCCC1)c1cccc(Cl)c1Cl. The van der Waals surface area contributed by atoms with E-state index in [-0.39, 0.29) is 0 Å². The molecule has 0 saturated heterocycles. The average molecular weight is 315 g/mol. The number of carbonyl (C=O) groups excluding carboxylic acids is 1. The molecule has 1 aliphatic rings. The molecule has 0 aromatic heterocycles. The summed E-state index contributed by atoms with van der Waals surface area (Å²) >= 11 is 12.2. The molecule has 5 heteroatoms. The Kier molecular flexibility index (Phi) is 5.70. The van der Waals surface area contributed by atoms with Crippen molar-refractivity contribution in [2.75, 3.05) is 0 Å². The normalized spacial score (nSPS) is 18.5. The molecule has 1 aromatic carbocycles. The highest BCUT2D eigenvalue weighted by atomic mass is 35.5. The van der Waals surface area contributed by atoms with Gasteiger partial charge in [0, 0.05) is 6.04 Å². The summed E-state index contributed by atoms with van der Waals surface area (Å²) in [6.45, 7) is 0. The summed E-state index contributed by atoms with van der Waals surface area (Å²) in [7, 11) is 0. The van der Waals surface area contributed by atoms with Crippen molar-refractivity contribution in [1.82, 2.24) is 5.32 Å². The molecule has 20 heavy (non-hydrogen) atoms. The van der Waals surface area contributed by atoms with E-state index in [1.165, 1.54) is 25.7 Å². The van der Waals surface area contributed by atoms with Gasteiger partial charge in [-0.05, 0) is 24.5 Å². The zero-order valence-corrected chi connectivity index (χ0v) is 12.9. The summed E-state index contributed by atoms with van der Waals surface area (Å²) in [5, 5.41) is 4.21. The van der Waals surface area contributed by atoms with Gasteiger partial charge in [-0.25, -0.2) is 0 Å². The third-order valence-corrected chi connectivity index (χ3v) is 4.67. The number of rotatable bonds is 4. The van der Waals surface area contributed by atoms with Crippen molar-refractivity contribution in [2.45, 2.75) is 50.6 Å². The van der Waals surface area contributed by atoms with Crippen molar-refractivity contribution in [1.29, 1.82) is 0 Å². The highest BCUT2D eigenvalue weighted by Gasteiger charge is 2.25. The van der Waals surface area contributed by atoms with Crippen LogP contribution in [0.15, 0.2) is 18.2 Å². The van der Waals surface area contributed by atoms with Crippen molar-refractivity contribution in [3.63, 3.8) is 0 Å². The molecule has 2 rings (SSSR count). The molecule has 3 N–H and O–H groups in total. The molecule has 1 fully saturated rings. The van der Waals surface area contributed by atoms with Crippen LogP contribution in [0.1, 0.15) is 50.1 Å². The van der Waals surface area contributed by atoms with Crippen LogP contribution in [-0.2, 0) is 4.79 Å². The number of halogens is 2. The van der Waals surface area contributed by atoms with Crippen molar-refractivity contribution in [2.24, 2.45) is 5.73 Å². The van der Waals surface area contributed by atoms with E-state index in [2.05, 4.69) is 5.32 Å². The van der Waals surface area contributed by atoms with Gasteiger partial charge in [-0.2, -0.15) is 0 Å². The molecular weight excluding hydrogens is 295 g/mol. The van der Waals surface area contributed by atoms with Crippen LogP contribution in [0, 0.1) is 0 Å². The summed E-state index contributed by atoms with van der Waals surface area (Å²) in [5.74, 6) is -0.418. The second-order valence-electron chi connectivity index (χ2n) is 5.33. The predicted octanol–water partition coefficient (Wildman–Crippen LogP) is 3.83. The molecule has 110 valence electrons. The van der Waals surface area contributed by atoms with E-state index in [9.17, 15) is 4.79 Å². The van der Waals surface area contributed by atoms with E-state index in [4.69, 9.17) is 28.9 Å². The number of hydrogen-bond donors (Lipinski definition) is 2. The number of benzene rings is 1. The molecule has 1 aromatic rings. The Morgan fingerprint density at radius 1 is 1.20 bits per heavy atom. The summed E-state index contributed by atoms with van der Waals surface area (Å²) in [4.78, 5) is 11.8. The van der Waals surface area contributed by atoms with Crippen LogP contribution in [0.25, 0.3) is 0 Å². The fraction of sp³-hybridized carbons (Fsp3) is 0.533. The Bertz CT molecular complexity index is 471. The number of hydrogen-bond acceptors (Lipinski definition) is 2. The van der Waals surface area contributed by atoms with Gasteiger partial charge >= 0.3 is 0 Å². The fourth-order valence-corrected chi connectivity index (χ4v) is 3.17. The Morgan fingerprint density at radius 2 is 1.85 bits per heavy atom. The first-order chi connectivity index (χ1) is 9.59. The third-order valence-electron chi connectivity index (χ3n) is 3.83.